The molecule has 0 heterocycles. The molecule has 0 saturated heterocycles. The number of rotatable bonds is 5. The summed E-state index contributed by atoms with van der Waals surface area (Å²) in [5, 5.41) is 19.7. The molecular formula is C14H29NO5S. The van der Waals surface area contributed by atoms with Crippen molar-refractivity contribution in [2.45, 2.75) is 65.2 Å². The number of alkyl carbamates (subject to hydrolysis) is 1. The Kier molecular flexibility index (Phi) is 10.5. The molecule has 0 saturated carbocycles. The summed E-state index contributed by atoms with van der Waals surface area (Å²) in [5.41, 5.74) is -1.12. The Hall–Kier alpha value is -0.950. The van der Waals surface area contributed by atoms with Crippen LogP contribution in [0, 0.1) is 0 Å². The lowest BCUT2D eigenvalue weighted by Gasteiger charge is -2.21. The van der Waals surface area contributed by atoms with Gasteiger partial charge in [0, 0.05) is 0 Å². The van der Waals surface area contributed by atoms with E-state index in [1.54, 1.807) is 41.5 Å². The van der Waals surface area contributed by atoms with Crippen molar-refractivity contribution < 1.29 is 24.5 Å². The summed E-state index contributed by atoms with van der Waals surface area (Å²) in [6.07, 6.45) is 1.57. The van der Waals surface area contributed by atoms with Crippen LogP contribution in [0.4, 0.5) is 4.79 Å². The molecule has 0 unspecified atom stereocenters. The first-order valence-corrected chi connectivity index (χ1v) is 8.09. The first kappa shape index (κ1) is 22.3. The lowest BCUT2D eigenvalue weighted by molar-refractivity contribution is -0.139. The zero-order valence-corrected chi connectivity index (χ0v) is 14.8. The minimum atomic E-state index is -1.04. The van der Waals surface area contributed by atoms with E-state index in [9.17, 15) is 9.59 Å². The lowest BCUT2D eigenvalue weighted by atomic mass is 10.2. The van der Waals surface area contributed by atoms with E-state index >= 15 is 0 Å². The van der Waals surface area contributed by atoms with Crippen LogP contribution in [0.2, 0.25) is 0 Å². The van der Waals surface area contributed by atoms with Crippen molar-refractivity contribution >= 4 is 23.8 Å². The summed E-state index contributed by atoms with van der Waals surface area (Å²) in [7, 11) is 0. The Balaban J connectivity index is 0. The Morgan fingerprint density at radius 3 is 1.90 bits per heavy atom. The van der Waals surface area contributed by atoms with E-state index < -0.39 is 29.3 Å². The highest BCUT2D eigenvalue weighted by atomic mass is 32.2. The van der Waals surface area contributed by atoms with Gasteiger partial charge in [0.05, 0.1) is 5.60 Å². The molecule has 0 aromatic rings. The summed E-state index contributed by atoms with van der Waals surface area (Å²) >= 11 is 1.53. The third-order valence-corrected chi connectivity index (χ3v) is 2.24. The molecule has 0 aromatic carbocycles. The molecule has 6 nitrogen and oxygen atoms in total. The molecule has 0 spiro atoms. The van der Waals surface area contributed by atoms with E-state index in [-0.39, 0.29) is 0 Å². The first-order valence-electron chi connectivity index (χ1n) is 6.70. The van der Waals surface area contributed by atoms with Crippen LogP contribution in [-0.2, 0) is 9.53 Å². The molecule has 0 aliphatic carbocycles. The molecule has 3 N–H and O–H groups in total. The lowest BCUT2D eigenvalue weighted by Crippen LogP contribution is -2.43. The van der Waals surface area contributed by atoms with Gasteiger partial charge in [-0.15, -0.1) is 0 Å². The number of amides is 1. The molecule has 0 rings (SSSR count). The molecule has 0 radical (unpaired) electrons. The van der Waals surface area contributed by atoms with Gasteiger partial charge in [0.25, 0.3) is 0 Å². The van der Waals surface area contributed by atoms with E-state index in [2.05, 4.69) is 5.32 Å². The molecule has 0 fully saturated rings. The van der Waals surface area contributed by atoms with E-state index in [0.717, 1.165) is 0 Å². The highest BCUT2D eigenvalue weighted by Gasteiger charge is 2.23. The van der Waals surface area contributed by atoms with Gasteiger partial charge in [0.2, 0.25) is 0 Å². The van der Waals surface area contributed by atoms with Crippen molar-refractivity contribution in [2.75, 3.05) is 12.0 Å². The standard InChI is InChI=1S/C10H19NO4S.C4H10O/c1-10(2,3)15-9(14)11-7(8(12)13)5-6-16-4;1-4(2,3)5/h7H,5-6H2,1-4H3,(H,11,14)(H,12,13);5H,1-3H3/t7-;/m0./s1. The average molecular weight is 323 g/mol. The maximum absolute atomic E-state index is 11.3. The van der Waals surface area contributed by atoms with Gasteiger partial charge < -0.3 is 20.3 Å². The van der Waals surface area contributed by atoms with Crippen LogP contribution in [0.5, 0.6) is 0 Å². The fourth-order valence-electron chi connectivity index (χ4n) is 0.943. The fraction of sp³-hybridized carbons (Fsp3) is 0.857. The van der Waals surface area contributed by atoms with Gasteiger partial charge in [-0.2, -0.15) is 11.8 Å². The van der Waals surface area contributed by atoms with Gasteiger partial charge in [-0.25, -0.2) is 9.59 Å². The van der Waals surface area contributed by atoms with Crippen molar-refractivity contribution in [1.82, 2.24) is 5.32 Å². The predicted octanol–water partition coefficient (Wildman–Crippen LogP) is 2.49. The van der Waals surface area contributed by atoms with Crippen molar-refractivity contribution in [2.24, 2.45) is 0 Å². The molecule has 0 bridgehead atoms. The summed E-state index contributed by atoms with van der Waals surface area (Å²) in [6, 6.07) is -0.887. The third-order valence-electron chi connectivity index (χ3n) is 1.60. The quantitative estimate of drug-likeness (QED) is 0.719. The van der Waals surface area contributed by atoms with Gasteiger partial charge in [0.1, 0.15) is 11.6 Å². The zero-order valence-electron chi connectivity index (χ0n) is 14.0. The molecule has 126 valence electrons. The molecule has 0 aliphatic rings. The van der Waals surface area contributed by atoms with Gasteiger partial charge in [-0.3, -0.25) is 0 Å². The molecule has 1 amide bonds. The largest absolute Gasteiger partial charge is 0.480 e. The molecule has 0 aromatic heterocycles. The van der Waals surface area contributed by atoms with E-state index in [1.807, 2.05) is 6.26 Å². The van der Waals surface area contributed by atoms with Gasteiger partial charge in [-0.05, 0) is 60.0 Å². The fourth-order valence-corrected chi connectivity index (χ4v) is 1.41. The predicted molar refractivity (Wildman–Crippen MR) is 85.8 cm³/mol. The van der Waals surface area contributed by atoms with Crippen LogP contribution >= 0.6 is 11.8 Å². The maximum atomic E-state index is 11.3. The number of aliphatic hydroxyl groups is 1. The van der Waals surface area contributed by atoms with Crippen LogP contribution in [0.3, 0.4) is 0 Å². The van der Waals surface area contributed by atoms with E-state index in [1.165, 1.54) is 11.8 Å². The maximum Gasteiger partial charge on any atom is 0.408 e. The summed E-state index contributed by atoms with van der Waals surface area (Å²) in [5.74, 6) is -0.368. The zero-order chi connectivity index (χ0) is 17.3. The molecular weight excluding hydrogens is 294 g/mol. The minimum absolute atomic E-state index is 0.385. The number of thioether (sulfide) groups is 1. The van der Waals surface area contributed by atoms with E-state index in [0.29, 0.717) is 12.2 Å². The summed E-state index contributed by atoms with van der Waals surface area (Å²) in [4.78, 5) is 22.2. The number of carboxylic acid groups (broad SMARTS) is 1. The minimum Gasteiger partial charge on any atom is -0.480 e. The number of carbonyl (C=O) groups is 2. The number of hydrogen-bond acceptors (Lipinski definition) is 5. The topological polar surface area (TPSA) is 95.9 Å². The second-order valence-electron chi connectivity index (χ2n) is 6.49. The molecule has 21 heavy (non-hydrogen) atoms. The van der Waals surface area contributed by atoms with Gasteiger partial charge in [0.15, 0.2) is 0 Å². The Bertz CT molecular complexity index is 314. The SMILES string of the molecule is CC(C)(C)O.CSCC[C@H](NC(=O)OC(C)(C)C)C(=O)O. The number of carboxylic acids is 1. The van der Waals surface area contributed by atoms with Crippen LogP contribution < -0.4 is 5.32 Å². The third kappa shape index (κ3) is 21.5. The van der Waals surface area contributed by atoms with Crippen molar-refractivity contribution in [3.05, 3.63) is 0 Å². The van der Waals surface area contributed by atoms with Gasteiger partial charge >= 0.3 is 12.1 Å². The van der Waals surface area contributed by atoms with Crippen LogP contribution in [0.1, 0.15) is 48.0 Å². The van der Waals surface area contributed by atoms with E-state index in [4.69, 9.17) is 14.9 Å². The van der Waals surface area contributed by atoms with Crippen LogP contribution in [0.25, 0.3) is 0 Å². The van der Waals surface area contributed by atoms with Crippen molar-refractivity contribution in [1.29, 1.82) is 0 Å². The number of carbonyl (C=O) groups excluding carboxylic acids is 1. The second-order valence-corrected chi connectivity index (χ2v) is 7.47. The highest BCUT2D eigenvalue weighted by Crippen LogP contribution is 2.08. The number of hydrogen-bond donors (Lipinski definition) is 3. The van der Waals surface area contributed by atoms with Crippen molar-refractivity contribution in [3.8, 4) is 0 Å². The number of ether oxygens (including phenoxy) is 1. The Morgan fingerprint density at radius 2 is 1.62 bits per heavy atom. The van der Waals surface area contributed by atoms with Crippen LogP contribution in [0.15, 0.2) is 0 Å². The smallest absolute Gasteiger partial charge is 0.408 e. The molecule has 0 aliphatic heterocycles. The van der Waals surface area contributed by atoms with Crippen LogP contribution in [-0.4, -0.2) is 51.5 Å². The highest BCUT2D eigenvalue weighted by molar-refractivity contribution is 7.98. The second kappa shape index (κ2) is 9.89. The van der Waals surface area contributed by atoms with Gasteiger partial charge in [-0.1, -0.05) is 0 Å². The van der Waals surface area contributed by atoms with Crippen molar-refractivity contribution in [3.63, 3.8) is 0 Å². The number of aliphatic carboxylic acids is 1. The Morgan fingerprint density at radius 1 is 1.19 bits per heavy atom. The summed E-state index contributed by atoms with van der Waals surface area (Å²) < 4.78 is 4.98. The monoisotopic (exact) mass is 323 g/mol. The summed E-state index contributed by atoms with van der Waals surface area (Å²) in [6.45, 7) is 10.4. The Labute approximate surface area is 131 Å². The first-order chi connectivity index (χ1) is 9.26. The normalized spacial score (nSPS) is 12.8. The molecule has 1 atom stereocenters. The number of nitrogens with one attached hydrogen (secondary N) is 1. The molecule has 7 heteroatoms. The average Bonchev–Trinajstić information content (AvgIpc) is 2.18.